The van der Waals surface area contributed by atoms with Crippen LogP contribution in [0.2, 0.25) is 0 Å². The second-order valence-electron chi connectivity index (χ2n) is 6.27. The van der Waals surface area contributed by atoms with Crippen LogP contribution in [-0.2, 0) is 6.42 Å². The van der Waals surface area contributed by atoms with Gasteiger partial charge >= 0.3 is 0 Å². The number of aromatic nitrogens is 1. The van der Waals surface area contributed by atoms with E-state index in [9.17, 15) is 4.79 Å². The van der Waals surface area contributed by atoms with Crippen LogP contribution in [0.1, 0.15) is 16.1 Å². The van der Waals surface area contributed by atoms with E-state index in [1.165, 1.54) is 0 Å². The lowest BCUT2D eigenvalue weighted by Gasteiger charge is -2.28. The molecule has 0 unspecified atom stereocenters. The van der Waals surface area contributed by atoms with E-state index in [0.717, 1.165) is 29.0 Å². The molecule has 1 amide bonds. The average Bonchev–Trinajstić information content (AvgIpc) is 3.35. The number of amides is 1. The van der Waals surface area contributed by atoms with Crippen LogP contribution in [-0.4, -0.2) is 30.8 Å². The number of benzene rings is 2. The molecule has 0 atom stereocenters. The van der Waals surface area contributed by atoms with Crippen molar-refractivity contribution < 1.29 is 18.8 Å². The summed E-state index contributed by atoms with van der Waals surface area (Å²) in [6.07, 6.45) is 0.886. The van der Waals surface area contributed by atoms with E-state index >= 15 is 0 Å². The van der Waals surface area contributed by atoms with Gasteiger partial charge in [-0.3, -0.25) is 9.69 Å². The SMILES string of the molecule is O=C(c1cc(-c2ccc3c(c2)CCO3)no1)N1CCOc2ccccc21. The molecular weight excluding hydrogens is 332 g/mol. The Balaban J connectivity index is 1.45. The first-order valence-electron chi connectivity index (χ1n) is 8.56. The van der Waals surface area contributed by atoms with E-state index in [0.29, 0.717) is 31.2 Å². The highest BCUT2D eigenvalue weighted by Crippen LogP contribution is 2.33. The fourth-order valence-corrected chi connectivity index (χ4v) is 3.37. The molecule has 130 valence electrons. The van der Waals surface area contributed by atoms with Gasteiger partial charge in [0.25, 0.3) is 5.91 Å². The maximum Gasteiger partial charge on any atom is 0.297 e. The van der Waals surface area contributed by atoms with Crippen molar-refractivity contribution in [2.24, 2.45) is 0 Å². The minimum absolute atomic E-state index is 0.216. The Morgan fingerprint density at radius 1 is 1.00 bits per heavy atom. The summed E-state index contributed by atoms with van der Waals surface area (Å²) in [5, 5.41) is 4.09. The molecule has 2 aromatic carbocycles. The zero-order valence-electron chi connectivity index (χ0n) is 14.0. The van der Waals surface area contributed by atoms with Crippen molar-refractivity contribution in [3.05, 3.63) is 59.9 Å². The van der Waals surface area contributed by atoms with Crippen LogP contribution >= 0.6 is 0 Å². The van der Waals surface area contributed by atoms with Crippen LogP contribution < -0.4 is 14.4 Å². The Bertz CT molecular complexity index is 995. The summed E-state index contributed by atoms with van der Waals surface area (Å²) in [4.78, 5) is 14.6. The van der Waals surface area contributed by atoms with Crippen molar-refractivity contribution in [3.63, 3.8) is 0 Å². The number of anilines is 1. The number of ether oxygens (including phenoxy) is 2. The van der Waals surface area contributed by atoms with Gasteiger partial charge in [-0.05, 0) is 35.9 Å². The standard InChI is InChI=1S/C20H16N2O4/c23-20(22-8-10-25-18-4-2-1-3-16(18)22)19-12-15(21-26-19)13-5-6-17-14(11-13)7-9-24-17/h1-6,11-12H,7-10H2. The van der Waals surface area contributed by atoms with Crippen molar-refractivity contribution in [2.75, 3.05) is 24.7 Å². The highest BCUT2D eigenvalue weighted by atomic mass is 16.5. The fourth-order valence-electron chi connectivity index (χ4n) is 3.37. The molecule has 0 aliphatic carbocycles. The number of carbonyl (C=O) groups is 1. The molecule has 0 spiro atoms. The monoisotopic (exact) mass is 348 g/mol. The molecule has 0 saturated heterocycles. The van der Waals surface area contributed by atoms with Gasteiger partial charge in [0.1, 0.15) is 23.8 Å². The Labute approximate surface area is 149 Å². The molecule has 3 heterocycles. The lowest BCUT2D eigenvalue weighted by Crippen LogP contribution is -2.37. The molecule has 6 heteroatoms. The second kappa shape index (κ2) is 5.91. The normalized spacial score (nSPS) is 15.0. The number of hydrogen-bond donors (Lipinski definition) is 0. The number of rotatable bonds is 2. The van der Waals surface area contributed by atoms with Gasteiger partial charge in [-0.2, -0.15) is 0 Å². The van der Waals surface area contributed by atoms with Crippen LogP contribution in [0.4, 0.5) is 5.69 Å². The van der Waals surface area contributed by atoms with Gasteiger partial charge in [-0.1, -0.05) is 17.3 Å². The highest BCUT2D eigenvalue weighted by Gasteiger charge is 2.27. The quantitative estimate of drug-likeness (QED) is 0.711. The van der Waals surface area contributed by atoms with Crippen LogP contribution in [0.5, 0.6) is 11.5 Å². The predicted octanol–water partition coefficient (Wildman–Crippen LogP) is 3.32. The molecule has 0 radical (unpaired) electrons. The van der Waals surface area contributed by atoms with Crippen LogP contribution in [0.25, 0.3) is 11.3 Å². The Morgan fingerprint density at radius 3 is 2.85 bits per heavy atom. The largest absolute Gasteiger partial charge is 0.493 e. The topological polar surface area (TPSA) is 64.8 Å². The van der Waals surface area contributed by atoms with E-state index in [1.54, 1.807) is 11.0 Å². The maximum atomic E-state index is 12.9. The first-order valence-corrected chi connectivity index (χ1v) is 8.56. The van der Waals surface area contributed by atoms with Gasteiger partial charge in [0.15, 0.2) is 0 Å². The third-order valence-corrected chi connectivity index (χ3v) is 4.68. The smallest absolute Gasteiger partial charge is 0.297 e. The first kappa shape index (κ1) is 15.0. The van der Waals surface area contributed by atoms with E-state index in [2.05, 4.69) is 5.16 Å². The van der Waals surface area contributed by atoms with Crippen molar-refractivity contribution >= 4 is 11.6 Å². The van der Waals surface area contributed by atoms with Crippen molar-refractivity contribution in [3.8, 4) is 22.8 Å². The number of carbonyl (C=O) groups excluding carboxylic acids is 1. The van der Waals surface area contributed by atoms with Crippen molar-refractivity contribution in [1.29, 1.82) is 0 Å². The zero-order valence-corrected chi connectivity index (χ0v) is 14.0. The van der Waals surface area contributed by atoms with Gasteiger partial charge < -0.3 is 14.0 Å². The molecule has 5 rings (SSSR count). The molecule has 2 aliphatic rings. The summed E-state index contributed by atoms with van der Waals surface area (Å²) in [7, 11) is 0. The van der Waals surface area contributed by atoms with Gasteiger partial charge in [0, 0.05) is 18.1 Å². The molecular formula is C20H16N2O4. The summed E-state index contributed by atoms with van der Waals surface area (Å²) >= 11 is 0. The van der Waals surface area contributed by atoms with E-state index in [4.69, 9.17) is 14.0 Å². The van der Waals surface area contributed by atoms with E-state index in [-0.39, 0.29) is 11.7 Å². The molecule has 6 nitrogen and oxygen atoms in total. The minimum Gasteiger partial charge on any atom is -0.493 e. The Kier molecular flexibility index (Phi) is 3.41. The molecule has 0 saturated carbocycles. The van der Waals surface area contributed by atoms with Gasteiger partial charge in [-0.25, -0.2) is 0 Å². The summed E-state index contributed by atoms with van der Waals surface area (Å²) in [6, 6.07) is 15.1. The molecule has 26 heavy (non-hydrogen) atoms. The zero-order chi connectivity index (χ0) is 17.5. The first-order chi connectivity index (χ1) is 12.8. The summed E-state index contributed by atoms with van der Waals surface area (Å²) in [5.74, 6) is 1.61. The highest BCUT2D eigenvalue weighted by molar-refractivity contribution is 6.05. The molecule has 2 aliphatic heterocycles. The summed E-state index contributed by atoms with van der Waals surface area (Å²) < 4.78 is 16.5. The lowest BCUT2D eigenvalue weighted by molar-refractivity contribution is 0.0941. The summed E-state index contributed by atoms with van der Waals surface area (Å²) in [6.45, 7) is 1.63. The second-order valence-corrected chi connectivity index (χ2v) is 6.27. The van der Waals surface area contributed by atoms with Gasteiger partial charge in [0.2, 0.25) is 5.76 Å². The van der Waals surface area contributed by atoms with Crippen LogP contribution in [0.3, 0.4) is 0 Å². The van der Waals surface area contributed by atoms with Gasteiger partial charge in [-0.15, -0.1) is 0 Å². The molecule has 3 aromatic rings. The Morgan fingerprint density at radius 2 is 1.88 bits per heavy atom. The predicted molar refractivity (Wildman–Crippen MR) is 94.8 cm³/mol. The summed E-state index contributed by atoms with van der Waals surface area (Å²) in [5.41, 5.74) is 3.46. The van der Waals surface area contributed by atoms with Crippen molar-refractivity contribution in [1.82, 2.24) is 5.16 Å². The van der Waals surface area contributed by atoms with Crippen LogP contribution in [0, 0.1) is 0 Å². The molecule has 0 bridgehead atoms. The number of hydrogen-bond acceptors (Lipinski definition) is 5. The minimum atomic E-state index is -0.219. The Hall–Kier alpha value is -3.28. The maximum absolute atomic E-state index is 12.9. The van der Waals surface area contributed by atoms with Crippen molar-refractivity contribution in [2.45, 2.75) is 6.42 Å². The third kappa shape index (κ3) is 2.42. The number of para-hydroxylation sites is 2. The number of fused-ring (bicyclic) bond motifs is 2. The average molecular weight is 348 g/mol. The molecule has 1 aromatic heterocycles. The molecule has 0 N–H and O–H groups in total. The number of nitrogens with zero attached hydrogens (tertiary/aromatic N) is 2. The van der Waals surface area contributed by atoms with E-state index in [1.807, 2.05) is 42.5 Å². The van der Waals surface area contributed by atoms with E-state index < -0.39 is 0 Å². The lowest BCUT2D eigenvalue weighted by atomic mass is 10.1. The molecule has 0 fully saturated rings. The van der Waals surface area contributed by atoms with Gasteiger partial charge in [0.05, 0.1) is 18.8 Å². The third-order valence-electron chi connectivity index (χ3n) is 4.68. The fraction of sp³-hybridized carbons (Fsp3) is 0.200. The van der Waals surface area contributed by atoms with Crippen LogP contribution in [0.15, 0.2) is 53.1 Å².